The second-order valence-corrected chi connectivity index (χ2v) is 9.56. The first kappa shape index (κ1) is 23.2. The van der Waals surface area contributed by atoms with E-state index in [-0.39, 0.29) is 12.1 Å². The Bertz CT molecular complexity index is 1350. The molecule has 0 spiro atoms. The van der Waals surface area contributed by atoms with E-state index in [1.54, 1.807) is 0 Å². The maximum Gasteiger partial charge on any atom is 0.170 e. The van der Waals surface area contributed by atoms with Crippen LogP contribution in [0.25, 0.3) is 5.69 Å². The summed E-state index contributed by atoms with van der Waals surface area (Å²) in [5, 5.41) is 4.30. The van der Waals surface area contributed by atoms with Crippen LogP contribution in [0, 0.1) is 20.8 Å². The maximum absolute atomic E-state index is 5.88. The van der Waals surface area contributed by atoms with Crippen molar-refractivity contribution in [3.63, 3.8) is 0 Å². The van der Waals surface area contributed by atoms with E-state index in [1.807, 2.05) is 36.7 Å². The van der Waals surface area contributed by atoms with Gasteiger partial charge in [-0.2, -0.15) is 0 Å². The summed E-state index contributed by atoms with van der Waals surface area (Å²) in [5.41, 5.74) is 9.60. The summed E-state index contributed by atoms with van der Waals surface area (Å²) in [6.07, 6.45) is 4.67. The summed E-state index contributed by atoms with van der Waals surface area (Å²) < 4.78 is 2.42. The number of benzene rings is 1. The molecule has 2 atom stereocenters. The van der Waals surface area contributed by atoms with Crippen molar-refractivity contribution >= 4 is 17.3 Å². The molecule has 3 aromatic heterocycles. The number of hydrogen-bond acceptors (Lipinski definition) is 3. The van der Waals surface area contributed by atoms with E-state index < -0.39 is 0 Å². The Morgan fingerprint density at radius 1 is 0.943 bits per heavy atom. The number of aromatic nitrogens is 3. The van der Waals surface area contributed by atoms with Gasteiger partial charge in [-0.05, 0) is 86.4 Å². The highest BCUT2D eigenvalue weighted by Crippen LogP contribution is 2.42. The third kappa shape index (κ3) is 4.23. The first-order valence-corrected chi connectivity index (χ1v) is 12.6. The van der Waals surface area contributed by atoms with E-state index in [0.717, 1.165) is 22.9 Å². The van der Waals surface area contributed by atoms with Gasteiger partial charge in [0.1, 0.15) is 0 Å². The van der Waals surface area contributed by atoms with Gasteiger partial charge in [-0.15, -0.1) is 0 Å². The molecule has 0 radical (unpaired) electrons. The monoisotopic (exact) mass is 481 g/mol. The van der Waals surface area contributed by atoms with Crippen LogP contribution in [0.15, 0.2) is 73.1 Å². The van der Waals surface area contributed by atoms with Crippen molar-refractivity contribution in [3.05, 3.63) is 113 Å². The Morgan fingerprint density at radius 3 is 2.40 bits per heavy atom. The topological polar surface area (TPSA) is 46.0 Å². The SMILES string of the molecule is CCc1cccc(C)c1-n1c(C)cc([C@@H]2[C@@H](c3ccccn3)NC(=S)N2Cc2ccccn2)c1C. The number of pyridine rings is 2. The molecule has 1 N–H and O–H groups in total. The zero-order valence-corrected chi connectivity index (χ0v) is 21.5. The second-order valence-electron chi connectivity index (χ2n) is 9.17. The Kier molecular flexibility index (Phi) is 6.39. The first-order chi connectivity index (χ1) is 17.0. The number of para-hydroxylation sites is 1. The molecular formula is C29H31N5S. The summed E-state index contributed by atoms with van der Waals surface area (Å²) in [5.74, 6) is 0. The van der Waals surface area contributed by atoms with Gasteiger partial charge in [0.2, 0.25) is 0 Å². The Hall–Kier alpha value is -3.51. The molecule has 0 bridgehead atoms. The van der Waals surface area contributed by atoms with Crippen LogP contribution in [0.1, 0.15) is 58.5 Å². The Labute approximate surface area is 212 Å². The molecule has 178 valence electrons. The molecule has 4 heterocycles. The van der Waals surface area contributed by atoms with Crippen LogP contribution in [0.2, 0.25) is 0 Å². The minimum Gasteiger partial charge on any atom is -0.352 e. The van der Waals surface area contributed by atoms with E-state index in [0.29, 0.717) is 6.54 Å². The van der Waals surface area contributed by atoms with Crippen molar-refractivity contribution in [2.24, 2.45) is 0 Å². The number of rotatable bonds is 6. The van der Waals surface area contributed by atoms with Crippen LogP contribution >= 0.6 is 12.2 Å². The fourth-order valence-corrected chi connectivity index (χ4v) is 5.64. The van der Waals surface area contributed by atoms with Crippen molar-refractivity contribution in [2.45, 2.75) is 52.7 Å². The minimum absolute atomic E-state index is 0.00606. The lowest BCUT2D eigenvalue weighted by atomic mass is 9.96. The molecule has 1 saturated heterocycles. The van der Waals surface area contributed by atoms with Gasteiger partial charge in [-0.1, -0.05) is 37.3 Å². The van der Waals surface area contributed by atoms with Gasteiger partial charge in [0.15, 0.2) is 5.11 Å². The molecular weight excluding hydrogens is 450 g/mol. The minimum atomic E-state index is -0.0520. The average Bonchev–Trinajstić information content (AvgIpc) is 3.35. The lowest BCUT2D eigenvalue weighted by Gasteiger charge is -2.28. The molecule has 1 aliphatic heterocycles. The number of hydrogen-bond donors (Lipinski definition) is 1. The summed E-state index contributed by atoms with van der Waals surface area (Å²) in [4.78, 5) is 11.5. The van der Waals surface area contributed by atoms with E-state index in [2.05, 4.69) is 83.9 Å². The van der Waals surface area contributed by atoms with Crippen molar-refractivity contribution in [1.29, 1.82) is 0 Å². The lowest BCUT2D eigenvalue weighted by molar-refractivity contribution is 0.307. The van der Waals surface area contributed by atoms with E-state index in [9.17, 15) is 0 Å². The van der Waals surface area contributed by atoms with Gasteiger partial charge < -0.3 is 14.8 Å². The number of nitrogens with one attached hydrogen (secondary N) is 1. The van der Waals surface area contributed by atoms with Crippen LogP contribution in [0.3, 0.4) is 0 Å². The molecule has 0 unspecified atom stereocenters. The van der Waals surface area contributed by atoms with Crippen LogP contribution in [-0.4, -0.2) is 24.5 Å². The summed E-state index contributed by atoms with van der Waals surface area (Å²) in [6.45, 7) is 9.47. The largest absolute Gasteiger partial charge is 0.352 e. The van der Waals surface area contributed by atoms with E-state index in [1.165, 1.54) is 33.8 Å². The Balaban J connectivity index is 1.66. The van der Waals surface area contributed by atoms with Gasteiger partial charge >= 0.3 is 0 Å². The van der Waals surface area contributed by atoms with E-state index >= 15 is 0 Å². The first-order valence-electron chi connectivity index (χ1n) is 12.1. The van der Waals surface area contributed by atoms with Gasteiger partial charge in [0.05, 0.1) is 35.7 Å². The highest BCUT2D eigenvalue weighted by atomic mass is 32.1. The maximum atomic E-state index is 5.88. The summed E-state index contributed by atoms with van der Waals surface area (Å²) in [6, 6.07) is 20.9. The average molecular weight is 482 g/mol. The fourth-order valence-electron chi connectivity index (χ4n) is 5.34. The zero-order valence-electron chi connectivity index (χ0n) is 20.7. The normalized spacial score (nSPS) is 17.6. The summed E-state index contributed by atoms with van der Waals surface area (Å²) in [7, 11) is 0. The number of aryl methyl sites for hydroxylation is 3. The number of nitrogens with zero attached hydrogens (tertiary/aromatic N) is 4. The third-order valence-electron chi connectivity index (χ3n) is 6.97. The van der Waals surface area contributed by atoms with Crippen molar-refractivity contribution in [3.8, 4) is 5.69 Å². The van der Waals surface area contributed by atoms with Crippen LogP contribution in [-0.2, 0) is 13.0 Å². The molecule has 4 aromatic rings. The highest BCUT2D eigenvalue weighted by Gasteiger charge is 2.41. The number of thiocarbonyl (C=S) groups is 1. The van der Waals surface area contributed by atoms with Crippen LogP contribution in [0.5, 0.6) is 0 Å². The predicted octanol–water partition coefficient (Wildman–Crippen LogP) is 5.93. The highest BCUT2D eigenvalue weighted by molar-refractivity contribution is 7.80. The Morgan fingerprint density at radius 2 is 1.71 bits per heavy atom. The molecule has 0 saturated carbocycles. The zero-order chi connectivity index (χ0) is 24.5. The molecule has 1 fully saturated rings. The quantitative estimate of drug-likeness (QED) is 0.346. The predicted molar refractivity (Wildman–Crippen MR) is 145 cm³/mol. The fraction of sp³-hybridized carbons (Fsp3) is 0.276. The molecule has 5 nitrogen and oxygen atoms in total. The van der Waals surface area contributed by atoms with Gasteiger partial charge in [-0.3, -0.25) is 9.97 Å². The van der Waals surface area contributed by atoms with Gasteiger partial charge in [-0.25, -0.2) is 0 Å². The van der Waals surface area contributed by atoms with Crippen LogP contribution < -0.4 is 5.32 Å². The molecule has 1 aromatic carbocycles. The lowest BCUT2D eigenvalue weighted by Crippen LogP contribution is -2.29. The molecule has 0 amide bonds. The third-order valence-corrected chi connectivity index (χ3v) is 7.32. The molecule has 35 heavy (non-hydrogen) atoms. The van der Waals surface area contributed by atoms with E-state index in [4.69, 9.17) is 17.2 Å². The van der Waals surface area contributed by atoms with Gasteiger partial charge in [0, 0.05) is 23.8 Å². The molecule has 6 heteroatoms. The second kappa shape index (κ2) is 9.62. The van der Waals surface area contributed by atoms with Crippen molar-refractivity contribution in [2.75, 3.05) is 0 Å². The standard InChI is InChI=1S/C29H31N5S/c1-5-22-12-10-11-19(2)27(22)34-20(3)17-24(21(34)4)28-26(25-14-7-9-16-31-25)32-29(35)33(28)18-23-13-6-8-15-30-23/h6-17,26,28H,5,18H2,1-4H3,(H,32,35)/t26-,28-/m1/s1. The van der Waals surface area contributed by atoms with Crippen LogP contribution in [0.4, 0.5) is 0 Å². The molecule has 1 aliphatic rings. The van der Waals surface area contributed by atoms with Gasteiger partial charge in [0.25, 0.3) is 0 Å². The molecule has 0 aliphatic carbocycles. The summed E-state index contributed by atoms with van der Waals surface area (Å²) >= 11 is 5.88. The van der Waals surface area contributed by atoms with Crippen molar-refractivity contribution in [1.82, 2.24) is 24.8 Å². The molecule has 5 rings (SSSR count). The van der Waals surface area contributed by atoms with Crippen molar-refractivity contribution < 1.29 is 0 Å². The smallest absolute Gasteiger partial charge is 0.170 e.